The highest BCUT2D eigenvalue weighted by atomic mass is 35.5. The standard InChI is InChI=1S/C17H11ClN4O3/c1-10-2-8-13(9-3-10)22-14(17(23)25-21-22)16-20-19-15(24-16)11-4-6-12(18)7-5-11/h2-9H,1H3. The summed E-state index contributed by atoms with van der Waals surface area (Å²) in [6.07, 6.45) is 0. The summed E-state index contributed by atoms with van der Waals surface area (Å²) in [4.78, 5) is 0. The molecule has 0 atom stereocenters. The van der Waals surface area contributed by atoms with Crippen LogP contribution in [0.1, 0.15) is 5.56 Å². The van der Waals surface area contributed by atoms with E-state index in [2.05, 4.69) is 15.5 Å². The summed E-state index contributed by atoms with van der Waals surface area (Å²) in [5, 5.41) is 24.4. The minimum atomic E-state index is -0.660. The van der Waals surface area contributed by atoms with Gasteiger partial charge in [0.1, 0.15) is 0 Å². The predicted molar refractivity (Wildman–Crippen MR) is 86.0 cm³/mol. The quantitative estimate of drug-likeness (QED) is 0.525. The second-order valence-corrected chi connectivity index (χ2v) is 5.81. The van der Waals surface area contributed by atoms with Gasteiger partial charge in [0.05, 0.1) is 5.27 Å². The van der Waals surface area contributed by atoms with Gasteiger partial charge in [-0.2, -0.15) is 0 Å². The molecular weight excluding hydrogens is 344 g/mol. The number of halogens is 1. The molecular formula is C17H11ClN4O3. The zero-order chi connectivity index (χ0) is 17.4. The van der Waals surface area contributed by atoms with E-state index in [1.54, 1.807) is 24.3 Å². The normalized spacial score (nSPS) is 11.0. The topological polar surface area (TPSA) is 91.9 Å². The fourth-order valence-corrected chi connectivity index (χ4v) is 2.44. The Morgan fingerprint density at radius 3 is 2.36 bits per heavy atom. The van der Waals surface area contributed by atoms with E-state index in [0.717, 1.165) is 5.56 Å². The highest BCUT2D eigenvalue weighted by Crippen LogP contribution is 2.27. The molecule has 0 unspecified atom stereocenters. The van der Waals surface area contributed by atoms with Crippen molar-refractivity contribution in [3.8, 4) is 34.7 Å². The molecule has 0 amide bonds. The SMILES string of the molecule is Cc1ccc(-[n+]2noc([O-])c2-c2nnc(-c3ccc(Cl)cc3)o2)cc1. The molecule has 2 aromatic carbocycles. The second kappa shape index (κ2) is 6.03. The molecule has 0 radical (unpaired) electrons. The fraction of sp³-hybridized carbons (Fsp3) is 0.0588. The van der Waals surface area contributed by atoms with Crippen molar-refractivity contribution >= 4 is 11.6 Å². The average molecular weight is 355 g/mol. The molecule has 0 aliphatic carbocycles. The maximum absolute atomic E-state index is 12.1. The summed E-state index contributed by atoms with van der Waals surface area (Å²) in [5.74, 6) is -0.369. The van der Waals surface area contributed by atoms with Gasteiger partial charge in [-0.05, 0) is 35.9 Å². The number of rotatable bonds is 3. The largest absolute Gasteiger partial charge is 0.538 e. The lowest BCUT2D eigenvalue weighted by molar-refractivity contribution is -0.660. The number of hydrogen-bond acceptors (Lipinski definition) is 6. The molecule has 7 nitrogen and oxygen atoms in total. The molecule has 0 spiro atoms. The van der Waals surface area contributed by atoms with Crippen molar-refractivity contribution in [3.05, 3.63) is 59.1 Å². The molecule has 4 aromatic rings. The van der Waals surface area contributed by atoms with Crippen LogP contribution >= 0.6 is 11.6 Å². The first-order valence-corrected chi connectivity index (χ1v) is 7.75. The maximum atomic E-state index is 12.1. The van der Waals surface area contributed by atoms with Crippen molar-refractivity contribution in [2.75, 3.05) is 0 Å². The Morgan fingerprint density at radius 2 is 1.64 bits per heavy atom. The van der Waals surface area contributed by atoms with Crippen LogP contribution in [0.3, 0.4) is 0 Å². The molecule has 0 saturated heterocycles. The predicted octanol–water partition coefficient (Wildman–Crippen LogP) is 2.70. The van der Waals surface area contributed by atoms with E-state index < -0.39 is 5.95 Å². The van der Waals surface area contributed by atoms with Gasteiger partial charge in [-0.25, -0.2) is 0 Å². The summed E-state index contributed by atoms with van der Waals surface area (Å²) in [6.45, 7) is 1.97. The number of benzene rings is 2. The Bertz CT molecular complexity index is 1020. The Hall–Kier alpha value is -3.19. The second-order valence-electron chi connectivity index (χ2n) is 5.38. The molecule has 0 N–H and O–H groups in total. The van der Waals surface area contributed by atoms with E-state index in [1.165, 1.54) is 4.68 Å². The number of hydrogen-bond donors (Lipinski definition) is 0. The number of aryl methyl sites for hydroxylation is 1. The Balaban J connectivity index is 1.77. The van der Waals surface area contributed by atoms with Crippen LogP contribution in [-0.4, -0.2) is 15.5 Å². The first-order chi connectivity index (χ1) is 12.1. The first kappa shape index (κ1) is 15.3. The van der Waals surface area contributed by atoms with Crippen molar-refractivity contribution in [1.29, 1.82) is 0 Å². The van der Waals surface area contributed by atoms with Crippen LogP contribution in [0.2, 0.25) is 5.02 Å². The molecule has 0 saturated carbocycles. The molecule has 0 fully saturated rings. The molecule has 0 aliphatic heterocycles. The van der Waals surface area contributed by atoms with Crippen LogP contribution in [-0.2, 0) is 0 Å². The van der Waals surface area contributed by atoms with E-state index >= 15 is 0 Å². The molecule has 4 rings (SSSR count). The van der Waals surface area contributed by atoms with Crippen molar-refractivity contribution in [3.63, 3.8) is 0 Å². The summed E-state index contributed by atoms with van der Waals surface area (Å²) in [7, 11) is 0. The van der Waals surface area contributed by atoms with Crippen LogP contribution < -0.4 is 9.79 Å². The highest BCUT2D eigenvalue weighted by Gasteiger charge is 2.27. The molecule has 8 heteroatoms. The number of nitrogens with zero attached hydrogens (tertiary/aromatic N) is 4. The van der Waals surface area contributed by atoms with E-state index in [1.807, 2.05) is 31.2 Å². The third-order valence-electron chi connectivity index (χ3n) is 3.61. The van der Waals surface area contributed by atoms with Gasteiger partial charge >= 0.3 is 11.6 Å². The lowest BCUT2D eigenvalue weighted by Gasteiger charge is -1.95. The lowest BCUT2D eigenvalue weighted by Crippen LogP contribution is -2.34. The van der Waals surface area contributed by atoms with E-state index in [-0.39, 0.29) is 17.5 Å². The van der Waals surface area contributed by atoms with Crippen LogP contribution in [0.25, 0.3) is 28.7 Å². The first-order valence-electron chi connectivity index (χ1n) is 7.38. The summed E-state index contributed by atoms with van der Waals surface area (Å²) < 4.78 is 11.7. The van der Waals surface area contributed by atoms with Gasteiger partial charge in [0.15, 0.2) is 5.95 Å². The van der Waals surface area contributed by atoms with Crippen LogP contribution in [0.15, 0.2) is 57.5 Å². The minimum Gasteiger partial charge on any atom is -0.538 e. The molecule has 0 aliphatic rings. The van der Waals surface area contributed by atoms with Crippen molar-refractivity contribution < 1.29 is 18.7 Å². The fourth-order valence-electron chi connectivity index (χ4n) is 2.32. The van der Waals surface area contributed by atoms with Crippen LogP contribution in [0, 0.1) is 6.92 Å². The number of aromatic nitrogens is 4. The van der Waals surface area contributed by atoms with Crippen molar-refractivity contribution in [2.45, 2.75) is 6.92 Å². The maximum Gasteiger partial charge on any atom is 0.327 e. The van der Waals surface area contributed by atoms with Gasteiger partial charge in [0.2, 0.25) is 11.6 Å². The molecule has 2 heterocycles. The van der Waals surface area contributed by atoms with Gasteiger partial charge in [-0.3, -0.25) is 0 Å². The third kappa shape index (κ3) is 2.85. The van der Waals surface area contributed by atoms with E-state index in [4.69, 9.17) is 20.5 Å². The van der Waals surface area contributed by atoms with Gasteiger partial charge in [0.25, 0.3) is 0 Å². The Kier molecular flexibility index (Phi) is 3.70. The van der Waals surface area contributed by atoms with E-state index in [0.29, 0.717) is 16.3 Å². The van der Waals surface area contributed by atoms with Gasteiger partial charge in [-0.1, -0.05) is 29.3 Å². The van der Waals surface area contributed by atoms with Gasteiger partial charge in [0, 0.05) is 22.7 Å². The summed E-state index contributed by atoms with van der Waals surface area (Å²) in [5.41, 5.74) is 2.49. The zero-order valence-electron chi connectivity index (χ0n) is 13.0. The van der Waals surface area contributed by atoms with Crippen LogP contribution in [0.5, 0.6) is 5.95 Å². The van der Waals surface area contributed by atoms with Crippen molar-refractivity contribution in [1.82, 2.24) is 15.5 Å². The zero-order valence-corrected chi connectivity index (χ0v) is 13.8. The monoisotopic (exact) mass is 354 g/mol. The van der Waals surface area contributed by atoms with Crippen LogP contribution in [0.4, 0.5) is 0 Å². The van der Waals surface area contributed by atoms with Gasteiger partial charge < -0.3 is 14.0 Å². The smallest absolute Gasteiger partial charge is 0.327 e. The molecule has 124 valence electrons. The highest BCUT2D eigenvalue weighted by molar-refractivity contribution is 6.30. The minimum absolute atomic E-state index is 0.0248. The molecule has 2 aromatic heterocycles. The Morgan fingerprint density at radius 1 is 0.960 bits per heavy atom. The molecule has 25 heavy (non-hydrogen) atoms. The van der Waals surface area contributed by atoms with E-state index in [9.17, 15) is 5.11 Å². The third-order valence-corrected chi connectivity index (χ3v) is 3.86. The summed E-state index contributed by atoms with van der Waals surface area (Å²) in [6, 6.07) is 14.4. The van der Waals surface area contributed by atoms with Gasteiger partial charge in [-0.15, -0.1) is 10.2 Å². The average Bonchev–Trinajstić information content (AvgIpc) is 3.23. The Labute approximate surface area is 147 Å². The van der Waals surface area contributed by atoms with Crippen molar-refractivity contribution in [2.24, 2.45) is 0 Å². The summed E-state index contributed by atoms with van der Waals surface area (Å²) >= 11 is 5.87. The molecule has 0 bridgehead atoms. The lowest BCUT2D eigenvalue weighted by atomic mass is 10.2.